The zero-order valence-electron chi connectivity index (χ0n) is 46.7. The Morgan fingerprint density at radius 2 is 1.33 bits per heavy atom. The fraction of sp³-hybridized carbons (Fsp3) is 0.807. The Labute approximate surface area is 461 Å². The number of aliphatic hydroxyl groups is 9. The molecule has 446 valence electrons. The molecule has 9 rings (SSSR count). The number of methoxy groups -OCH3 is 3. The van der Waals surface area contributed by atoms with Crippen molar-refractivity contribution < 1.29 is 108 Å². The fourth-order valence-electron chi connectivity index (χ4n) is 15.0. The van der Waals surface area contributed by atoms with E-state index >= 15 is 0 Å². The van der Waals surface area contributed by atoms with E-state index in [2.05, 4.69) is 6.92 Å². The van der Waals surface area contributed by atoms with Gasteiger partial charge in [-0.15, -0.1) is 0 Å². The first-order valence-corrected chi connectivity index (χ1v) is 28.0. The third-order valence-electron chi connectivity index (χ3n) is 19.7. The maximum Gasteiger partial charge on any atom is 0.331 e. The predicted molar refractivity (Wildman–Crippen MR) is 276 cm³/mol. The summed E-state index contributed by atoms with van der Waals surface area (Å²) in [5.41, 5.74) is -5.97. The van der Waals surface area contributed by atoms with Crippen molar-refractivity contribution in [2.24, 2.45) is 16.7 Å². The minimum atomic E-state index is -1.93. The van der Waals surface area contributed by atoms with Crippen molar-refractivity contribution >= 4 is 12.0 Å². The summed E-state index contributed by atoms with van der Waals surface area (Å²) in [6, 6.07) is 9.29. The maximum atomic E-state index is 13.6. The molecular weight excluding hydrogens is 1040 g/mol. The van der Waals surface area contributed by atoms with Crippen LogP contribution in [0.3, 0.4) is 0 Å². The van der Waals surface area contributed by atoms with E-state index in [9.17, 15) is 50.8 Å². The molecule has 4 saturated heterocycles. The Morgan fingerprint density at radius 3 is 1.95 bits per heavy atom. The first-order chi connectivity index (χ1) is 37.4. The lowest BCUT2D eigenvalue weighted by molar-refractivity contribution is -0.373. The highest BCUT2D eigenvalue weighted by molar-refractivity contribution is 5.87. The summed E-state index contributed by atoms with van der Waals surface area (Å²) in [5, 5.41) is 102. The lowest BCUT2D eigenvalue weighted by Gasteiger charge is -2.67. The predicted octanol–water partition coefficient (Wildman–Crippen LogP) is 1.29. The van der Waals surface area contributed by atoms with E-state index in [1.165, 1.54) is 27.2 Å². The average Bonchev–Trinajstić information content (AvgIpc) is 3.24. The molecule has 22 nitrogen and oxygen atoms in total. The number of benzene rings is 1. The molecule has 0 bridgehead atoms. The monoisotopic (exact) mass is 1120 g/mol. The van der Waals surface area contributed by atoms with Crippen molar-refractivity contribution in [3.8, 4) is 0 Å². The number of rotatable bonds is 16. The van der Waals surface area contributed by atoms with E-state index in [1.54, 1.807) is 34.0 Å². The number of carbonyl (C=O) groups excluding carboxylic acids is 1. The van der Waals surface area contributed by atoms with Crippen molar-refractivity contribution in [1.82, 2.24) is 0 Å². The number of esters is 1. The largest absolute Gasteiger partial charge is 0.458 e. The fourth-order valence-corrected chi connectivity index (χ4v) is 15.0. The van der Waals surface area contributed by atoms with Gasteiger partial charge in [0, 0.05) is 46.2 Å². The van der Waals surface area contributed by atoms with Crippen molar-refractivity contribution in [3.05, 3.63) is 53.6 Å². The van der Waals surface area contributed by atoms with Gasteiger partial charge in [-0.1, -0.05) is 55.8 Å². The van der Waals surface area contributed by atoms with E-state index in [1.807, 2.05) is 43.3 Å². The molecule has 1 aromatic rings. The third-order valence-corrected chi connectivity index (χ3v) is 19.7. The van der Waals surface area contributed by atoms with Gasteiger partial charge in [0.2, 0.25) is 0 Å². The zero-order valence-corrected chi connectivity index (χ0v) is 46.7. The minimum absolute atomic E-state index is 0.00648. The van der Waals surface area contributed by atoms with E-state index in [0.29, 0.717) is 25.7 Å². The molecule has 4 aliphatic heterocycles. The van der Waals surface area contributed by atoms with Gasteiger partial charge in [0.1, 0.15) is 77.8 Å². The van der Waals surface area contributed by atoms with Crippen LogP contribution in [0.1, 0.15) is 105 Å². The Hall–Kier alpha value is -2.63. The molecule has 0 aromatic heterocycles. The molecule has 9 N–H and O–H groups in total. The highest BCUT2D eigenvalue weighted by atomic mass is 16.8. The molecule has 27 atom stereocenters. The smallest absolute Gasteiger partial charge is 0.331 e. The summed E-state index contributed by atoms with van der Waals surface area (Å²) in [5.74, 6) is -1.24. The maximum absolute atomic E-state index is 13.6. The van der Waals surface area contributed by atoms with E-state index in [0.717, 1.165) is 11.1 Å². The number of hydrogen-bond acceptors (Lipinski definition) is 22. The van der Waals surface area contributed by atoms with Gasteiger partial charge >= 0.3 is 5.97 Å². The van der Waals surface area contributed by atoms with Gasteiger partial charge < -0.3 is 103 Å². The van der Waals surface area contributed by atoms with Crippen LogP contribution in [0.25, 0.3) is 6.08 Å². The quantitative estimate of drug-likeness (QED) is 0.0640. The molecule has 79 heavy (non-hydrogen) atoms. The van der Waals surface area contributed by atoms with Crippen LogP contribution >= 0.6 is 0 Å². The van der Waals surface area contributed by atoms with Crippen LogP contribution in [0.2, 0.25) is 0 Å². The third kappa shape index (κ3) is 10.7. The normalized spacial score (nSPS) is 49.5. The standard InChI is InChI=1S/C57H86O22/c1-28-47(77-42-25-36(69-8)48(29(2)72-42)78-52-46(64)50(70-9)49(30(3)73-52)79-51-45(63)44(62)43(61)37(27-58)75-51)35(68-7)24-41(71-28)74-34-18-19-53(5)33(23-34)17-20-56(66)38(53)26-39(76-40(60)16-15-32-13-11-10-12-14-32)54(6)55(65,31(4)59)21-22-57(54,56)67/h10-17,28-31,34-39,41-52,58-59,61-67H,18-27H2,1-9H3/t28-,29-,30-,31+,34+,35+,36-,37-,38-,39-,41+,42+,43-,44+,45-,46-,47-,48-,49-,50-,51+,52+,53+,54-,55-,56+,57-/m1/s1. The van der Waals surface area contributed by atoms with Gasteiger partial charge in [0.15, 0.2) is 25.2 Å². The Bertz CT molecular complexity index is 2290. The second kappa shape index (κ2) is 23.8. The molecule has 0 unspecified atom stereocenters. The van der Waals surface area contributed by atoms with Crippen LogP contribution in [-0.4, -0.2) is 226 Å². The molecule has 0 radical (unpaired) electrons. The molecule has 1 aromatic carbocycles. The van der Waals surface area contributed by atoms with Crippen LogP contribution in [-0.2, 0) is 61.6 Å². The van der Waals surface area contributed by atoms with Gasteiger partial charge in [-0.25, -0.2) is 4.79 Å². The van der Waals surface area contributed by atoms with Gasteiger partial charge in [0.25, 0.3) is 0 Å². The lowest BCUT2D eigenvalue weighted by atomic mass is 9.42. The van der Waals surface area contributed by atoms with Gasteiger partial charge in [-0.3, -0.25) is 0 Å². The Balaban J connectivity index is 0.815. The summed E-state index contributed by atoms with van der Waals surface area (Å²) in [7, 11) is 4.50. The van der Waals surface area contributed by atoms with Crippen LogP contribution in [0.4, 0.5) is 0 Å². The van der Waals surface area contributed by atoms with Crippen LogP contribution in [0.15, 0.2) is 48.1 Å². The van der Waals surface area contributed by atoms with Crippen molar-refractivity contribution in [3.63, 3.8) is 0 Å². The van der Waals surface area contributed by atoms with E-state index in [-0.39, 0.29) is 38.2 Å². The summed E-state index contributed by atoms with van der Waals surface area (Å²) in [6.45, 7) is 9.87. The topological polar surface area (TPSA) is 310 Å². The molecule has 3 saturated carbocycles. The lowest BCUT2D eigenvalue weighted by Crippen LogP contribution is -2.78. The second-order valence-corrected chi connectivity index (χ2v) is 23.9. The Morgan fingerprint density at radius 1 is 0.722 bits per heavy atom. The number of ether oxygens (including phenoxy) is 12. The summed E-state index contributed by atoms with van der Waals surface area (Å²) in [6.07, 6.45) is -13.5. The highest BCUT2D eigenvalue weighted by Gasteiger charge is 2.81. The van der Waals surface area contributed by atoms with Crippen LogP contribution < -0.4 is 0 Å². The highest BCUT2D eigenvalue weighted by Crippen LogP contribution is 2.71. The Kier molecular flexibility index (Phi) is 18.4. The van der Waals surface area contributed by atoms with E-state index < -0.39 is 169 Å². The number of fused-ring (bicyclic) bond motifs is 5. The molecule has 22 heteroatoms. The summed E-state index contributed by atoms with van der Waals surface area (Å²) >= 11 is 0. The molecular formula is C57H86O22. The van der Waals surface area contributed by atoms with Crippen LogP contribution in [0, 0.1) is 16.7 Å². The SMILES string of the molecule is CO[C@@H]1[C@@H](O)[C@H](O[C@@H]2[C@@H](C)O[C@@H](O[C@H]3[C@@H](OC)C[C@H](O[C@H]4CC[C@@]5(C)C(=CC[C@]6(O)[C@@H]5C[C@@H](OC(=O)C=Cc5ccccc5)[C@@]5(C)[C@]6(O)CC[C@@]5(O)[C@H](C)O)C4)O[C@@H]3C)C[C@H]2OC)O[C@H](C)[C@H]1O[C@@H]1O[C@H](CO)[C@@H](O)[C@H](O)[C@H]1O. The molecule has 0 amide bonds. The summed E-state index contributed by atoms with van der Waals surface area (Å²) in [4.78, 5) is 13.6. The van der Waals surface area contributed by atoms with Crippen molar-refractivity contribution in [1.29, 1.82) is 0 Å². The molecule has 7 fully saturated rings. The zero-order chi connectivity index (χ0) is 57.1. The number of aliphatic hydroxyl groups excluding tert-OH is 6. The average molecular weight is 1120 g/mol. The molecule has 4 aliphatic carbocycles. The number of hydrogen-bond donors (Lipinski definition) is 9. The first-order valence-electron chi connectivity index (χ1n) is 28.0. The van der Waals surface area contributed by atoms with Crippen molar-refractivity contribution in [2.75, 3.05) is 27.9 Å². The summed E-state index contributed by atoms with van der Waals surface area (Å²) < 4.78 is 74.2. The minimum Gasteiger partial charge on any atom is -0.458 e. The molecule has 4 heterocycles. The first kappa shape index (κ1) is 60.9. The number of carbonyl (C=O) groups is 1. The van der Waals surface area contributed by atoms with Gasteiger partial charge in [-0.05, 0) is 89.7 Å². The van der Waals surface area contributed by atoms with Crippen LogP contribution in [0.5, 0.6) is 0 Å². The van der Waals surface area contributed by atoms with E-state index in [4.69, 9.17) is 56.8 Å². The van der Waals surface area contributed by atoms with Crippen molar-refractivity contribution in [2.45, 2.75) is 245 Å². The second-order valence-electron chi connectivity index (χ2n) is 23.9. The van der Waals surface area contributed by atoms with Gasteiger partial charge in [0.05, 0.1) is 54.7 Å². The van der Waals surface area contributed by atoms with Gasteiger partial charge in [-0.2, -0.15) is 0 Å². The molecule has 0 spiro atoms. The molecule has 8 aliphatic rings.